The van der Waals surface area contributed by atoms with Gasteiger partial charge in [-0.25, -0.2) is 0 Å². The summed E-state index contributed by atoms with van der Waals surface area (Å²) in [5.41, 5.74) is 1.79. The van der Waals surface area contributed by atoms with E-state index in [1.54, 1.807) is 11.0 Å². The highest BCUT2D eigenvalue weighted by molar-refractivity contribution is 7.80. The second-order valence-electron chi connectivity index (χ2n) is 5.73. The van der Waals surface area contributed by atoms with Gasteiger partial charge < -0.3 is 4.90 Å². The first-order valence-electron chi connectivity index (χ1n) is 8.17. The standard InChI is InChI=1S/C20H20N2OS/c23-19(14-13-17-9-3-1-4-10-17)22(18-11-5-2-6-12-18)20(24)21-15-7-8-16-21/h1-6,9-14H,7-8,15-16H2/b14-13+. The van der Waals surface area contributed by atoms with Gasteiger partial charge in [-0.2, -0.15) is 0 Å². The topological polar surface area (TPSA) is 23.6 Å². The van der Waals surface area contributed by atoms with Gasteiger partial charge in [0.2, 0.25) is 0 Å². The van der Waals surface area contributed by atoms with E-state index in [9.17, 15) is 4.79 Å². The molecule has 1 amide bonds. The first-order chi connectivity index (χ1) is 11.8. The van der Waals surface area contributed by atoms with Gasteiger partial charge in [0, 0.05) is 19.2 Å². The van der Waals surface area contributed by atoms with E-state index >= 15 is 0 Å². The van der Waals surface area contributed by atoms with Crippen molar-refractivity contribution in [3.63, 3.8) is 0 Å². The Morgan fingerprint density at radius 3 is 2.17 bits per heavy atom. The highest BCUT2D eigenvalue weighted by atomic mass is 32.1. The molecule has 24 heavy (non-hydrogen) atoms. The first-order valence-corrected chi connectivity index (χ1v) is 8.58. The molecule has 0 atom stereocenters. The molecule has 0 spiro atoms. The van der Waals surface area contributed by atoms with Crippen LogP contribution in [-0.4, -0.2) is 29.0 Å². The zero-order valence-electron chi connectivity index (χ0n) is 13.5. The third-order valence-electron chi connectivity index (χ3n) is 4.02. The van der Waals surface area contributed by atoms with Gasteiger partial charge in [-0.15, -0.1) is 0 Å². The molecule has 2 aromatic rings. The van der Waals surface area contributed by atoms with Crippen LogP contribution >= 0.6 is 12.2 Å². The maximum Gasteiger partial charge on any atom is 0.257 e. The SMILES string of the molecule is O=C(/C=C/c1ccccc1)N(C(=S)N1CCCC1)c1ccccc1. The largest absolute Gasteiger partial charge is 0.348 e. The summed E-state index contributed by atoms with van der Waals surface area (Å²) in [5.74, 6) is -0.123. The van der Waals surface area contributed by atoms with E-state index in [-0.39, 0.29) is 5.91 Å². The van der Waals surface area contributed by atoms with Crippen LogP contribution in [0, 0.1) is 0 Å². The normalized spacial score (nSPS) is 14.1. The van der Waals surface area contributed by atoms with E-state index in [1.807, 2.05) is 66.7 Å². The van der Waals surface area contributed by atoms with E-state index in [0.29, 0.717) is 5.11 Å². The third kappa shape index (κ3) is 3.89. The smallest absolute Gasteiger partial charge is 0.257 e. The summed E-state index contributed by atoms with van der Waals surface area (Å²) < 4.78 is 0. The molecule has 4 heteroatoms. The molecular formula is C20H20N2OS. The lowest BCUT2D eigenvalue weighted by Gasteiger charge is -2.28. The second kappa shape index (κ2) is 7.88. The Morgan fingerprint density at radius 1 is 0.958 bits per heavy atom. The Labute approximate surface area is 148 Å². The van der Waals surface area contributed by atoms with Crippen molar-refractivity contribution in [2.45, 2.75) is 12.8 Å². The van der Waals surface area contributed by atoms with Gasteiger partial charge in [0.05, 0.1) is 5.69 Å². The van der Waals surface area contributed by atoms with E-state index in [1.165, 1.54) is 0 Å². The van der Waals surface area contributed by atoms with Crippen LogP contribution in [-0.2, 0) is 4.79 Å². The van der Waals surface area contributed by atoms with Crippen LogP contribution in [0.3, 0.4) is 0 Å². The van der Waals surface area contributed by atoms with Gasteiger partial charge in [-0.05, 0) is 48.8 Å². The molecule has 0 N–H and O–H groups in total. The molecule has 1 fully saturated rings. The monoisotopic (exact) mass is 336 g/mol. The highest BCUT2D eigenvalue weighted by Gasteiger charge is 2.25. The molecule has 0 aromatic heterocycles. The highest BCUT2D eigenvalue weighted by Crippen LogP contribution is 2.19. The summed E-state index contributed by atoms with van der Waals surface area (Å²) in [4.78, 5) is 16.6. The molecule has 1 saturated heterocycles. The number of hydrogen-bond donors (Lipinski definition) is 0. The molecule has 0 bridgehead atoms. The molecule has 0 radical (unpaired) electrons. The average Bonchev–Trinajstić information content (AvgIpc) is 3.17. The quantitative estimate of drug-likeness (QED) is 0.622. The number of para-hydroxylation sites is 1. The van der Waals surface area contributed by atoms with Crippen molar-refractivity contribution in [1.29, 1.82) is 0 Å². The summed E-state index contributed by atoms with van der Waals surface area (Å²) in [6, 6.07) is 19.4. The van der Waals surface area contributed by atoms with E-state index in [0.717, 1.165) is 37.2 Å². The molecular weight excluding hydrogens is 316 g/mol. The maximum absolute atomic E-state index is 12.8. The Morgan fingerprint density at radius 2 is 1.54 bits per heavy atom. The number of anilines is 1. The fourth-order valence-electron chi connectivity index (χ4n) is 2.77. The summed E-state index contributed by atoms with van der Waals surface area (Å²) in [6.45, 7) is 1.83. The molecule has 0 aliphatic carbocycles. The van der Waals surface area contributed by atoms with Crippen molar-refractivity contribution < 1.29 is 4.79 Å². The fraction of sp³-hybridized carbons (Fsp3) is 0.200. The second-order valence-corrected chi connectivity index (χ2v) is 6.10. The molecule has 1 aliphatic rings. The maximum atomic E-state index is 12.8. The van der Waals surface area contributed by atoms with Crippen molar-refractivity contribution in [1.82, 2.24) is 4.90 Å². The third-order valence-corrected chi connectivity index (χ3v) is 4.46. The zero-order chi connectivity index (χ0) is 16.8. The average molecular weight is 336 g/mol. The molecule has 122 valence electrons. The van der Waals surface area contributed by atoms with Gasteiger partial charge in [-0.1, -0.05) is 48.5 Å². The number of likely N-dealkylation sites (tertiary alicyclic amines) is 1. The van der Waals surface area contributed by atoms with Crippen molar-refractivity contribution in [3.05, 3.63) is 72.3 Å². The van der Waals surface area contributed by atoms with Gasteiger partial charge in [-0.3, -0.25) is 9.69 Å². The fourth-order valence-corrected chi connectivity index (χ4v) is 3.14. The minimum absolute atomic E-state index is 0.123. The summed E-state index contributed by atoms with van der Waals surface area (Å²) in [6.07, 6.45) is 5.66. The zero-order valence-corrected chi connectivity index (χ0v) is 14.3. The van der Waals surface area contributed by atoms with Crippen LogP contribution in [0.1, 0.15) is 18.4 Å². The Kier molecular flexibility index (Phi) is 5.39. The van der Waals surface area contributed by atoms with Crippen LogP contribution in [0.15, 0.2) is 66.7 Å². The first kappa shape index (κ1) is 16.4. The molecule has 0 saturated carbocycles. The Hall–Kier alpha value is -2.46. The predicted octanol–water partition coefficient (Wildman–Crippen LogP) is 4.11. The lowest BCUT2D eigenvalue weighted by atomic mass is 10.2. The van der Waals surface area contributed by atoms with Crippen LogP contribution in [0.4, 0.5) is 5.69 Å². The van der Waals surface area contributed by atoms with Gasteiger partial charge >= 0.3 is 0 Å². The van der Waals surface area contributed by atoms with Crippen molar-refractivity contribution in [3.8, 4) is 0 Å². The van der Waals surface area contributed by atoms with Crippen LogP contribution in [0.5, 0.6) is 0 Å². The number of nitrogens with zero attached hydrogens (tertiary/aromatic N) is 2. The predicted molar refractivity (Wildman–Crippen MR) is 103 cm³/mol. The summed E-state index contributed by atoms with van der Waals surface area (Å²) in [7, 11) is 0. The van der Waals surface area contributed by atoms with E-state index < -0.39 is 0 Å². The van der Waals surface area contributed by atoms with Crippen LogP contribution in [0.25, 0.3) is 6.08 Å². The number of thiocarbonyl (C=S) groups is 1. The number of hydrogen-bond acceptors (Lipinski definition) is 2. The summed E-state index contributed by atoms with van der Waals surface area (Å²) in [5, 5.41) is 0.585. The van der Waals surface area contributed by atoms with Crippen molar-refractivity contribution >= 4 is 35.0 Å². The number of carbonyl (C=O) groups excluding carboxylic acids is 1. The molecule has 0 unspecified atom stereocenters. The van der Waals surface area contributed by atoms with Gasteiger partial charge in [0.15, 0.2) is 5.11 Å². The minimum atomic E-state index is -0.123. The van der Waals surface area contributed by atoms with Gasteiger partial charge in [0.1, 0.15) is 0 Å². The lowest BCUT2D eigenvalue weighted by Crippen LogP contribution is -2.44. The van der Waals surface area contributed by atoms with E-state index in [4.69, 9.17) is 12.2 Å². The van der Waals surface area contributed by atoms with E-state index in [2.05, 4.69) is 4.90 Å². The van der Waals surface area contributed by atoms with Crippen molar-refractivity contribution in [2.75, 3.05) is 18.0 Å². The molecule has 1 heterocycles. The summed E-state index contributed by atoms with van der Waals surface area (Å²) >= 11 is 5.62. The number of amides is 1. The lowest BCUT2D eigenvalue weighted by molar-refractivity contribution is -0.113. The molecule has 3 rings (SSSR count). The van der Waals surface area contributed by atoms with Crippen molar-refractivity contribution in [2.24, 2.45) is 0 Å². The minimum Gasteiger partial charge on any atom is -0.348 e. The van der Waals surface area contributed by atoms with Crippen LogP contribution in [0.2, 0.25) is 0 Å². The molecule has 3 nitrogen and oxygen atoms in total. The number of benzene rings is 2. The number of rotatable bonds is 3. The molecule has 1 aliphatic heterocycles. The Bertz CT molecular complexity index is 722. The van der Waals surface area contributed by atoms with Gasteiger partial charge in [0.25, 0.3) is 5.91 Å². The molecule has 2 aromatic carbocycles. The Balaban J connectivity index is 1.85. The van der Waals surface area contributed by atoms with Crippen LogP contribution < -0.4 is 4.90 Å². The number of carbonyl (C=O) groups is 1.